The third-order valence-electron chi connectivity index (χ3n) is 20.3. The number of amides is 3. The number of nitrogens with one attached hydrogen (secondary N) is 6. The molecule has 0 saturated heterocycles. The Bertz CT molecular complexity index is 4100. The van der Waals surface area contributed by atoms with Crippen LogP contribution >= 0.6 is 0 Å². The predicted octanol–water partition coefficient (Wildman–Crippen LogP) is 15.1. The molecule has 3 atom stereocenters. The molecule has 492 valence electrons. The Labute approximate surface area is 566 Å². The van der Waals surface area contributed by atoms with Crippen LogP contribution in [-0.2, 0) is 72.2 Å². The number of carbonyl (C=O) groups is 3. The Kier molecular flexibility index (Phi) is 18.5. The lowest BCUT2D eigenvalue weighted by Gasteiger charge is -2.30. The SMILES string of the molecule is Cc1ccc2c(c1)NC(=O)Cc1ccc(Nc3cc4c(nc3C)CCC(N(C)C)C4)cc1-2.Cc1ccc2c(c1)NC(=O)Cc1ccc(Nc3cc4c(nc3C)CCC(N(C)C)C4)cc1-2.Cc1ccc2c(c1)NC(=O)Cc1ccc(Nc3cc4c(nc3C)CC[C@@H](N(C)C)C4)cc1-2. The first-order valence-corrected chi connectivity index (χ1v) is 34.0. The zero-order valence-electron chi connectivity index (χ0n) is 57.7. The van der Waals surface area contributed by atoms with Crippen LogP contribution in [0.4, 0.5) is 51.2 Å². The number of rotatable bonds is 9. The molecule has 96 heavy (non-hydrogen) atoms. The molecular weight excluding hydrogens is 1190 g/mol. The number of hydrogen-bond donors (Lipinski definition) is 6. The van der Waals surface area contributed by atoms with Crippen molar-refractivity contribution in [1.29, 1.82) is 0 Å². The second kappa shape index (κ2) is 27.3. The predicted molar refractivity (Wildman–Crippen MR) is 392 cm³/mol. The summed E-state index contributed by atoms with van der Waals surface area (Å²) >= 11 is 0. The molecule has 6 heterocycles. The smallest absolute Gasteiger partial charge is 0.228 e. The number of hydrogen-bond acceptors (Lipinski definition) is 12. The summed E-state index contributed by atoms with van der Waals surface area (Å²) in [7, 11) is 12.9. The standard InChI is InChI=1S/3C27H30N4O/c3*1-16-5-9-22-23-15-20(7-6-18(23)14-27(32)30-26(22)11-16)29-25-13-19-12-21(31(3)4)8-10-24(19)28-17(25)2/h3*5-7,9,11,13,15,21,29H,8,10,12,14H2,1-4H3,(H,30,32)/t21-;;/m1../s1. The van der Waals surface area contributed by atoms with E-state index in [0.29, 0.717) is 37.4 Å². The van der Waals surface area contributed by atoms with Crippen molar-refractivity contribution in [3.8, 4) is 33.4 Å². The van der Waals surface area contributed by atoms with E-state index in [2.05, 4.69) is 219 Å². The molecule has 0 saturated carbocycles. The summed E-state index contributed by atoms with van der Waals surface area (Å²) < 4.78 is 0. The Morgan fingerprint density at radius 2 is 0.625 bits per heavy atom. The molecule has 15 heteroatoms. The van der Waals surface area contributed by atoms with Crippen LogP contribution in [0.3, 0.4) is 0 Å². The van der Waals surface area contributed by atoms with Crippen molar-refractivity contribution in [2.24, 2.45) is 0 Å². The number of benzene rings is 6. The topological polar surface area (TPSA) is 172 Å². The molecule has 2 unspecified atom stereocenters. The van der Waals surface area contributed by atoms with Gasteiger partial charge in [0, 0.05) is 86.0 Å². The van der Waals surface area contributed by atoms with Crippen molar-refractivity contribution in [2.45, 2.75) is 137 Å². The van der Waals surface area contributed by atoms with E-state index in [1.807, 2.05) is 39.0 Å². The molecular formula is C81H90N12O3. The van der Waals surface area contributed by atoms with Crippen LogP contribution in [0.25, 0.3) is 33.4 Å². The second-order valence-electron chi connectivity index (χ2n) is 28.1. The Morgan fingerprint density at radius 1 is 0.344 bits per heavy atom. The van der Waals surface area contributed by atoms with Gasteiger partial charge in [0.15, 0.2) is 0 Å². The maximum atomic E-state index is 12.4. The molecule has 0 bridgehead atoms. The van der Waals surface area contributed by atoms with E-state index in [-0.39, 0.29) is 17.7 Å². The van der Waals surface area contributed by atoms with Gasteiger partial charge in [0.25, 0.3) is 0 Å². The number of fused-ring (bicyclic) bond motifs is 12. The highest BCUT2D eigenvalue weighted by Crippen LogP contribution is 2.42. The van der Waals surface area contributed by atoms with Gasteiger partial charge in [-0.2, -0.15) is 0 Å². The molecule has 9 aromatic rings. The van der Waals surface area contributed by atoms with E-state index >= 15 is 0 Å². The molecule has 3 aliphatic carbocycles. The molecule has 6 N–H and O–H groups in total. The second-order valence-corrected chi connectivity index (χ2v) is 28.1. The summed E-state index contributed by atoms with van der Waals surface area (Å²) in [6, 6.07) is 46.1. The summed E-state index contributed by atoms with van der Waals surface area (Å²) in [6.45, 7) is 12.4. The zero-order valence-corrected chi connectivity index (χ0v) is 57.7. The highest BCUT2D eigenvalue weighted by Gasteiger charge is 2.28. The number of nitrogens with zero attached hydrogens (tertiary/aromatic N) is 6. The number of aryl methyl sites for hydroxylation is 9. The molecule has 0 radical (unpaired) electrons. The lowest BCUT2D eigenvalue weighted by molar-refractivity contribution is -0.116. The molecule has 0 fully saturated rings. The van der Waals surface area contributed by atoms with E-state index in [9.17, 15) is 14.4 Å². The van der Waals surface area contributed by atoms with Crippen LogP contribution in [0.5, 0.6) is 0 Å². The van der Waals surface area contributed by atoms with Crippen LogP contribution in [0.1, 0.15) is 103 Å². The van der Waals surface area contributed by atoms with Gasteiger partial charge < -0.3 is 46.6 Å². The molecule has 6 aromatic carbocycles. The van der Waals surface area contributed by atoms with Gasteiger partial charge in [0.1, 0.15) is 0 Å². The van der Waals surface area contributed by atoms with Gasteiger partial charge in [0.2, 0.25) is 17.7 Å². The van der Waals surface area contributed by atoms with Gasteiger partial charge in [0.05, 0.1) is 53.4 Å². The number of aromatic nitrogens is 3. The van der Waals surface area contributed by atoms with Crippen LogP contribution in [0.15, 0.2) is 127 Å². The fourth-order valence-corrected chi connectivity index (χ4v) is 14.7. The quantitative estimate of drug-likeness (QED) is 0.0809. The number of likely N-dealkylation sites (N-methyl/N-ethyl adjacent to an activating group) is 3. The van der Waals surface area contributed by atoms with Gasteiger partial charge in [-0.1, -0.05) is 54.6 Å². The maximum absolute atomic E-state index is 12.4. The minimum atomic E-state index is 0.0292. The van der Waals surface area contributed by atoms with Gasteiger partial charge in [-0.05, 0) is 281 Å². The number of anilines is 9. The summed E-state index contributed by atoms with van der Waals surface area (Å²) in [4.78, 5) is 59.0. The fraction of sp³-hybridized carbons (Fsp3) is 0.333. The normalized spacial score (nSPS) is 17.2. The summed E-state index contributed by atoms with van der Waals surface area (Å²) in [5.74, 6) is 0.0875. The molecule has 3 amide bonds. The highest BCUT2D eigenvalue weighted by molar-refractivity contribution is 6.03. The minimum absolute atomic E-state index is 0.0292. The third kappa shape index (κ3) is 14.2. The van der Waals surface area contributed by atoms with Crippen LogP contribution < -0.4 is 31.9 Å². The molecule has 6 aliphatic rings. The highest BCUT2D eigenvalue weighted by atomic mass is 16.2. The van der Waals surface area contributed by atoms with Gasteiger partial charge in [-0.15, -0.1) is 0 Å². The minimum Gasteiger partial charge on any atom is -0.354 e. The van der Waals surface area contributed by atoms with Crippen molar-refractivity contribution in [1.82, 2.24) is 29.7 Å². The summed E-state index contributed by atoms with van der Waals surface area (Å²) in [5.41, 5.74) is 32.7. The van der Waals surface area contributed by atoms with Crippen molar-refractivity contribution < 1.29 is 14.4 Å². The first-order valence-electron chi connectivity index (χ1n) is 34.0. The summed E-state index contributed by atoms with van der Waals surface area (Å²) in [5, 5.41) is 20.0. The monoisotopic (exact) mass is 1280 g/mol. The lowest BCUT2D eigenvalue weighted by Crippen LogP contribution is -2.34. The first-order chi connectivity index (χ1) is 46.1. The number of pyridine rings is 3. The molecule has 3 aromatic heterocycles. The van der Waals surface area contributed by atoms with E-state index in [4.69, 9.17) is 15.0 Å². The van der Waals surface area contributed by atoms with E-state index < -0.39 is 0 Å². The van der Waals surface area contributed by atoms with E-state index in [1.165, 1.54) is 33.8 Å². The molecule has 15 rings (SSSR count). The first kappa shape index (κ1) is 65.1. The van der Waals surface area contributed by atoms with Crippen molar-refractivity contribution >= 4 is 68.9 Å². The van der Waals surface area contributed by atoms with Crippen molar-refractivity contribution in [3.05, 3.63) is 212 Å². The van der Waals surface area contributed by atoms with Crippen LogP contribution in [-0.4, -0.2) is 108 Å². The van der Waals surface area contributed by atoms with Gasteiger partial charge in [-0.25, -0.2) is 0 Å². The molecule has 15 nitrogen and oxygen atoms in total. The van der Waals surface area contributed by atoms with E-state index in [1.54, 1.807) is 0 Å². The molecule has 0 spiro atoms. The summed E-state index contributed by atoms with van der Waals surface area (Å²) in [6.07, 6.45) is 10.9. The fourth-order valence-electron chi connectivity index (χ4n) is 14.7. The van der Waals surface area contributed by atoms with Gasteiger partial charge in [-0.3, -0.25) is 29.3 Å². The maximum Gasteiger partial charge on any atom is 0.228 e. The Balaban J connectivity index is 0.000000130. The zero-order chi connectivity index (χ0) is 67.2. The Morgan fingerprint density at radius 3 is 0.896 bits per heavy atom. The van der Waals surface area contributed by atoms with Gasteiger partial charge >= 0.3 is 0 Å². The average Bonchev–Trinajstić information content (AvgIpc) is 1.67. The van der Waals surface area contributed by atoms with E-state index in [0.717, 1.165) is 193 Å². The van der Waals surface area contributed by atoms with Crippen LogP contribution in [0, 0.1) is 41.5 Å². The Hall–Kier alpha value is -9.54. The lowest BCUT2D eigenvalue weighted by atomic mass is 9.90. The van der Waals surface area contributed by atoms with Crippen molar-refractivity contribution in [3.63, 3.8) is 0 Å². The molecule has 3 aliphatic heterocycles. The third-order valence-corrected chi connectivity index (χ3v) is 20.3. The van der Waals surface area contributed by atoms with Crippen molar-refractivity contribution in [2.75, 3.05) is 74.2 Å². The average molecular weight is 1280 g/mol. The number of carbonyl (C=O) groups excluding carboxylic acids is 3. The largest absolute Gasteiger partial charge is 0.354 e. The van der Waals surface area contributed by atoms with Crippen LogP contribution in [0.2, 0.25) is 0 Å².